The highest BCUT2D eigenvalue weighted by Gasteiger charge is 2.21. The molecule has 2 aromatic rings. The van der Waals surface area contributed by atoms with E-state index >= 15 is 0 Å². The van der Waals surface area contributed by atoms with Gasteiger partial charge in [0.1, 0.15) is 11.6 Å². The second-order valence-corrected chi connectivity index (χ2v) is 7.56. The minimum absolute atomic E-state index is 0.161. The average Bonchev–Trinajstić information content (AvgIpc) is 2.70. The minimum atomic E-state index is -0.505. The van der Waals surface area contributed by atoms with Crippen molar-refractivity contribution in [1.82, 2.24) is 4.90 Å². The largest absolute Gasteiger partial charge is 0.496 e. The van der Waals surface area contributed by atoms with Gasteiger partial charge in [-0.2, -0.15) is 0 Å². The van der Waals surface area contributed by atoms with Crippen molar-refractivity contribution >= 4 is 0 Å². The van der Waals surface area contributed by atoms with Gasteiger partial charge in [-0.1, -0.05) is 30.3 Å². The SMILES string of the molecule is COc1ccccc1COCC(O)CN1CCC(Cc2cccc(F)c2)CC1. The van der Waals surface area contributed by atoms with Crippen LogP contribution in [0.5, 0.6) is 5.75 Å². The Bertz CT molecular complexity index is 731. The van der Waals surface area contributed by atoms with E-state index < -0.39 is 6.10 Å². The summed E-state index contributed by atoms with van der Waals surface area (Å²) in [5.41, 5.74) is 2.05. The number of aliphatic hydroxyl groups is 1. The third-order valence-electron chi connectivity index (χ3n) is 5.35. The first kappa shape index (κ1) is 20.8. The zero-order chi connectivity index (χ0) is 19.8. The lowest BCUT2D eigenvalue weighted by molar-refractivity contribution is 0.00407. The van der Waals surface area contributed by atoms with E-state index in [1.165, 1.54) is 6.07 Å². The molecule has 28 heavy (non-hydrogen) atoms. The quantitative estimate of drug-likeness (QED) is 0.713. The van der Waals surface area contributed by atoms with E-state index in [0.717, 1.165) is 49.2 Å². The Morgan fingerprint density at radius 3 is 2.68 bits per heavy atom. The predicted molar refractivity (Wildman–Crippen MR) is 108 cm³/mol. The fourth-order valence-corrected chi connectivity index (χ4v) is 3.85. The van der Waals surface area contributed by atoms with E-state index in [9.17, 15) is 9.50 Å². The van der Waals surface area contributed by atoms with E-state index in [0.29, 0.717) is 25.7 Å². The minimum Gasteiger partial charge on any atom is -0.496 e. The second kappa shape index (κ2) is 10.6. The molecule has 0 aromatic heterocycles. The number of rotatable bonds is 9. The Morgan fingerprint density at radius 1 is 1.14 bits per heavy atom. The topological polar surface area (TPSA) is 41.9 Å². The van der Waals surface area contributed by atoms with Crippen LogP contribution in [0.2, 0.25) is 0 Å². The number of halogens is 1. The number of benzene rings is 2. The first-order valence-electron chi connectivity index (χ1n) is 9.98. The normalized spacial score (nSPS) is 16.8. The molecule has 1 fully saturated rings. The smallest absolute Gasteiger partial charge is 0.124 e. The highest BCUT2D eigenvalue weighted by atomic mass is 19.1. The number of nitrogens with zero attached hydrogens (tertiary/aromatic N) is 1. The maximum atomic E-state index is 13.3. The van der Waals surface area contributed by atoms with Crippen molar-refractivity contribution in [1.29, 1.82) is 0 Å². The van der Waals surface area contributed by atoms with Crippen LogP contribution in [0.1, 0.15) is 24.0 Å². The van der Waals surface area contributed by atoms with Gasteiger partial charge in [-0.15, -0.1) is 0 Å². The molecule has 0 saturated carbocycles. The molecule has 4 nitrogen and oxygen atoms in total. The van der Waals surface area contributed by atoms with Gasteiger partial charge >= 0.3 is 0 Å². The molecule has 1 atom stereocenters. The maximum absolute atomic E-state index is 13.3. The van der Waals surface area contributed by atoms with Gasteiger partial charge in [0.15, 0.2) is 0 Å². The lowest BCUT2D eigenvalue weighted by Gasteiger charge is -2.33. The number of ether oxygens (including phenoxy) is 2. The molecule has 5 heteroatoms. The Hall–Kier alpha value is -1.95. The summed E-state index contributed by atoms with van der Waals surface area (Å²) in [4.78, 5) is 2.29. The van der Waals surface area contributed by atoms with Crippen LogP contribution < -0.4 is 4.74 Å². The summed E-state index contributed by atoms with van der Waals surface area (Å²) in [7, 11) is 1.64. The van der Waals surface area contributed by atoms with Crippen LogP contribution >= 0.6 is 0 Å². The fourth-order valence-electron chi connectivity index (χ4n) is 3.85. The summed E-state index contributed by atoms with van der Waals surface area (Å²) in [5.74, 6) is 1.22. The lowest BCUT2D eigenvalue weighted by atomic mass is 9.90. The van der Waals surface area contributed by atoms with Crippen LogP contribution in [0.4, 0.5) is 4.39 Å². The summed E-state index contributed by atoms with van der Waals surface area (Å²) in [6.07, 6.45) is 2.57. The number of para-hydroxylation sites is 1. The van der Waals surface area contributed by atoms with Crippen molar-refractivity contribution in [2.75, 3.05) is 33.4 Å². The van der Waals surface area contributed by atoms with Gasteiger partial charge in [0.2, 0.25) is 0 Å². The van der Waals surface area contributed by atoms with Crippen molar-refractivity contribution in [3.8, 4) is 5.75 Å². The molecule has 3 rings (SSSR count). The Balaban J connectivity index is 1.35. The van der Waals surface area contributed by atoms with Gasteiger partial charge in [-0.25, -0.2) is 4.39 Å². The predicted octanol–water partition coefficient (Wildman–Crippen LogP) is 3.67. The number of piperidine rings is 1. The van der Waals surface area contributed by atoms with Gasteiger partial charge in [-0.05, 0) is 62.0 Å². The zero-order valence-corrected chi connectivity index (χ0v) is 16.5. The third-order valence-corrected chi connectivity index (χ3v) is 5.35. The molecule has 1 aliphatic rings. The van der Waals surface area contributed by atoms with Crippen molar-refractivity contribution in [3.63, 3.8) is 0 Å². The number of hydrogen-bond acceptors (Lipinski definition) is 4. The molecule has 1 unspecified atom stereocenters. The van der Waals surface area contributed by atoms with Crippen LogP contribution in [-0.4, -0.2) is 49.5 Å². The monoisotopic (exact) mass is 387 g/mol. The molecule has 2 aromatic carbocycles. The van der Waals surface area contributed by atoms with Gasteiger partial charge in [0, 0.05) is 12.1 Å². The molecule has 0 spiro atoms. The first-order chi connectivity index (χ1) is 13.6. The van der Waals surface area contributed by atoms with Crippen LogP contribution in [-0.2, 0) is 17.8 Å². The van der Waals surface area contributed by atoms with Crippen molar-refractivity contribution in [3.05, 3.63) is 65.5 Å². The summed E-state index contributed by atoms with van der Waals surface area (Å²) >= 11 is 0. The first-order valence-corrected chi connectivity index (χ1v) is 9.98. The van der Waals surface area contributed by atoms with E-state index in [4.69, 9.17) is 9.47 Å². The molecule has 1 aliphatic heterocycles. The van der Waals surface area contributed by atoms with Gasteiger partial charge in [-0.3, -0.25) is 0 Å². The molecule has 1 heterocycles. The van der Waals surface area contributed by atoms with Crippen LogP contribution in [0, 0.1) is 11.7 Å². The Labute approximate surface area is 166 Å². The van der Waals surface area contributed by atoms with Gasteiger partial charge in [0.25, 0.3) is 0 Å². The van der Waals surface area contributed by atoms with E-state index in [1.807, 2.05) is 30.3 Å². The zero-order valence-electron chi connectivity index (χ0n) is 16.5. The number of β-amino-alcohol motifs (C(OH)–C–C–N with tert-alkyl or cyclic N) is 1. The van der Waals surface area contributed by atoms with E-state index in [-0.39, 0.29) is 5.82 Å². The number of methoxy groups -OCH3 is 1. The summed E-state index contributed by atoms with van der Waals surface area (Å²) in [6, 6.07) is 14.6. The number of aliphatic hydroxyl groups excluding tert-OH is 1. The molecule has 1 N–H and O–H groups in total. The summed E-state index contributed by atoms with van der Waals surface area (Å²) in [5, 5.41) is 10.3. The standard InChI is InChI=1S/C23H30FNO3/c1-27-23-8-3-2-6-20(23)16-28-17-22(26)15-25-11-9-18(10-12-25)13-19-5-4-7-21(24)14-19/h2-8,14,18,22,26H,9-13,15-17H2,1H3. The van der Waals surface area contributed by atoms with Crippen molar-refractivity contribution in [2.45, 2.75) is 32.0 Å². The summed E-state index contributed by atoms with van der Waals surface area (Å²) < 4.78 is 24.3. The maximum Gasteiger partial charge on any atom is 0.124 e. The Morgan fingerprint density at radius 2 is 1.93 bits per heavy atom. The molecule has 0 aliphatic carbocycles. The molecule has 152 valence electrons. The molecule has 1 saturated heterocycles. The van der Waals surface area contributed by atoms with Crippen LogP contribution in [0.3, 0.4) is 0 Å². The van der Waals surface area contributed by atoms with Crippen molar-refractivity contribution in [2.24, 2.45) is 5.92 Å². The number of likely N-dealkylation sites (tertiary alicyclic amines) is 1. The molecular weight excluding hydrogens is 357 g/mol. The highest BCUT2D eigenvalue weighted by molar-refractivity contribution is 5.32. The average molecular weight is 387 g/mol. The molecular formula is C23H30FNO3. The number of hydrogen-bond donors (Lipinski definition) is 1. The molecule has 0 bridgehead atoms. The van der Waals surface area contributed by atoms with Crippen LogP contribution in [0.25, 0.3) is 0 Å². The van der Waals surface area contributed by atoms with Gasteiger partial charge in [0.05, 0.1) is 26.4 Å². The van der Waals surface area contributed by atoms with E-state index in [2.05, 4.69) is 4.90 Å². The summed E-state index contributed by atoms with van der Waals surface area (Å²) in [6.45, 7) is 3.28. The highest BCUT2D eigenvalue weighted by Crippen LogP contribution is 2.22. The second-order valence-electron chi connectivity index (χ2n) is 7.56. The Kier molecular flexibility index (Phi) is 7.83. The van der Waals surface area contributed by atoms with Gasteiger partial charge < -0.3 is 19.5 Å². The molecule has 0 amide bonds. The van der Waals surface area contributed by atoms with E-state index in [1.54, 1.807) is 19.2 Å². The third kappa shape index (κ3) is 6.30. The van der Waals surface area contributed by atoms with Crippen molar-refractivity contribution < 1.29 is 19.0 Å². The lowest BCUT2D eigenvalue weighted by Crippen LogP contribution is -2.40. The van der Waals surface area contributed by atoms with Crippen LogP contribution in [0.15, 0.2) is 48.5 Å². The fraction of sp³-hybridized carbons (Fsp3) is 0.478. The molecule has 0 radical (unpaired) electrons.